The molecule has 2 aromatic carbocycles. The highest BCUT2D eigenvalue weighted by atomic mass is 16.5. The molecule has 0 aliphatic carbocycles. The molecule has 0 aromatic heterocycles. The molecule has 1 aliphatic rings. The largest absolute Gasteiger partial charge is 0.493 e. The normalized spacial score (nSPS) is 16.7. The summed E-state index contributed by atoms with van der Waals surface area (Å²) in [4.78, 5) is 39.3. The van der Waals surface area contributed by atoms with Crippen molar-refractivity contribution in [3.63, 3.8) is 0 Å². The Bertz CT molecular complexity index is 1170. The van der Waals surface area contributed by atoms with E-state index >= 15 is 0 Å². The number of benzene rings is 2. The van der Waals surface area contributed by atoms with Crippen molar-refractivity contribution < 1.29 is 23.9 Å². The predicted octanol–water partition coefficient (Wildman–Crippen LogP) is 7.81. The van der Waals surface area contributed by atoms with Gasteiger partial charge in [0.05, 0.1) is 12.2 Å². The summed E-state index contributed by atoms with van der Waals surface area (Å²) in [5, 5.41) is 0. The van der Waals surface area contributed by atoms with Crippen LogP contribution < -0.4 is 4.74 Å². The fourth-order valence-corrected chi connectivity index (χ4v) is 6.39. The van der Waals surface area contributed by atoms with Crippen LogP contribution in [0.5, 0.6) is 5.75 Å². The van der Waals surface area contributed by atoms with Gasteiger partial charge in [0.25, 0.3) is 0 Å². The zero-order valence-electron chi connectivity index (χ0n) is 25.6. The van der Waals surface area contributed by atoms with Crippen LogP contribution in [-0.4, -0.2) is 37.2 Å². The summed E-state index contributed by atoms with van der Waals surface area (Å²) >= 11 is 0. The Labute approximate surface area is 241 Å². The highest BCUT2D eigenvalue weighted by Gasteiger charge is 2.41. The van der Waals surface area contributed by atoms with Crippen molar-refractivity contribution in [3.8, 4) is 5.75 Å². The molecule has 40 heavy (non-hydrogen) atoms. The summed E-state index contributed by atoms with van der Waals surface area (Å²) in [6, 6.07) is 14.3. The molecule has 1 unspecified atom stereocenters. The first kappa shape index (κ1) is 31.7. The molecule has 1 fully saturated rings. The van der Waals surface area contributed by atoms with Crippen LogP contribution in [0.25, 0.3) is 0 Å². The van der Waals surface area contributed by atoms with E-state index in [9.17, 15) is 14.4 Å². The molecule has 1 heterocycles. The second-order valence-electron chi connectivity index (χ2n) is 12.3. The number of carbonyl (C=O) groups excluding carboxylic acids is 3. The van der Waals surface area contributed by atoms with Gasteiger partial charge in [0.1, 0.15) is 17.3 Å². The standard InChI is InChI=1S/C35H48O5/c1-8-40-33-25(3)29(16-17-31(33)26(4)36)24(2)30(15-12-18-34(6,7)28-13-10-9-11-14-28)32(38)23-35(27(5)37)19-21-39-22-20-35/h9-11,13-14,16-17,24,30H,8,12,15,18-23H2,1-7H3/t24-,30?/m1/s1. The minimum absolute atomic E-state index is 0.0133. The Morgan fingerprint density at radius 2 is 1.68 bits per heavy atom. The van der Waals surface area contributed by atoms with Crippen molar-refractivity contribution in [3.05, 3.63) is 64.7 Å². The molecule has 1 aliphatic heterocycles. The van der Waals surface area contributed by atoms with Crippen LogP contribution in [0.15, 0.2) is 42.5 Å². The third kappa shape index (κ3) is 7.28. The van der Waals surface area contributed by atoms with E-state index in [1.54, 1.807) is 13.8 Å². The van der Waals surface area contributed by atoms with Crippen molar-refractivity contribution in [2.75, 3.05) is 19.8 Å². The number of carbonyl (C=O) groups is 3. The van der Waals surface area contributed by atoms with Gasteiger partial charge in [-0.3, -0.25) is 14.4 Å². The smallest absolute Gasteiger partial charge is 0.163 e. The minimum Gasteiger partial charge on any atom is -0.493 e. The molecule has 1 saturated heterocycles. The number of ketones is 3. The zero-order valence-corrected chi connectivity index (χ0v) is 25.6. The molecule has 0 amide bonds. The molecule has 0 N–H and O–H groups in total. The van der Waals surface area contributed by atoms with Gasteiger partial charge in [-0.2, -0.15) is 0 Å². The molecular weight excluding hydrogens is 500 g/mol. The second-order valence-corrected chi connectivity index (χ2v) is 12.3. The van der Waals surface area contributed by atoms with E-state index in [1.165, 1.54) is 5.56 Å². The third-order valence-corrected chi connectivity index (χ3v) is 9.20. The molecule has 5 heteroatoms. The summed E-state index contributed by atoms with van der Waals surface area (Å²) in [6.45, 7) is 15.2. The van der Waals surface area contributed by atoms with E-state index in [2.05, 4.69) is 45.0 Å². The van der Waals surface area contributed by atoms with Gasteiger partial charge < -0.3 is 9.47 Å². The van der Waals surface area contributed by atoms with E-state index in [4.69, 9.17) is 9.47 Å². The quantitative estimate of drug-likeness (QED) is 0.225. The Balaban J connectivity index is 1.93. The van der Waals surface area contributed by atoms with Crippen LogP contribution in [0.3, 0.4) is 0 Å². The lowest BCUT2D eigenvalue weighted by atomic mass is 9.68. The number of Topliss-reactive ketones (excluding diaryl/α,β-unsaturated/α-hetero) is 3. The molecule has 3 rings (SSSR count). The first-order chi connectivity index (χ1) is 18.9. The van der Waals surface area contributed by atoms with Gasteiger partial charge >= 0.3 is 0 Å². The van der Waals surface area contributed by atoms with Crippen LogP contribution in [-0.2, 0) is 19.7 Å². The number of hydrogen-bond acceptors (Lipinski definition) is 5. The molecule has 0 spiro atoms. The maximum Gasteiger partial charge on any atom is 0.163 e. The summed E-state index contributed by atoms with van der Waals surface area (Å²) < 4.78 is 11.5. The summed E-state index contributed by atoms with van der Waals surface area (Å²) in [6.07, 6.45) is 4.02. The fourth-order valence-electron chi connectivity index (χ4n) is 6.39. The van der Waals surface area contributed by atoms with Crippen molar-refractivity contribution in [1.82, 2.24) is 0 Å². The van der Waals surface area contributed by atoms with Crippen molar-refractivity contribution >= 4 is 17.3 Å². The Morgan fingerprint density at radius 3 is 2.25 bits per heavy atom. The molecule has 2 atom stereocenters. The molecule has 5 nitrogen and oxygen atoms in total. The molecule has 2 aromatic rings. The number of rotatable bonds is 14. The SMILES string of the molecule is CCOc1c(C(C)=O)ccc([C@@H](C)C(CCCC(C)(C)c2ccccc2)C(=O)CC2(C(C)=O)CCOCC2)c1C. The van der Waals surface area contributed by atoms with Crippen molar-refractivity contribution in [2.24, 2.45) is 11.3 Å². The van der Waals surface area contributed by atoms with E-state index in [-0.39, 0.29) is 41.0 Å². The highest BCUT2D eigenvalue weighted by Crippen LogP contribution is 2.42. The topological polar surface area (TPSA) is 69.7 Å². The van der Waals surface area contributed by atoms with Crippen molar-refractivity contribution in [1.29, 1.82) is 0 Å². The Hall–Kier alpha value is -2.79. The lowest BCUT2D eigenvalue weighted by Crippen LogP contribution is -2.39. The molecule has 0 radical (unpaired) electrons. The summed E-state index contributed by atoms with van der Waals surface area (Å²) in [5.41, 5.74) is 3.15. The first-order valence-electron chi connectivity index (χ1n) is 14.9. The van der Waals surface area contributed by atoms with Gasteiger partial charge in [0, 0.05) is 31.0 Å². The minimum atomic E-state index is -0.638. The van der Waals surface area contributed by atoms with E-state index in [1.807, 2.05) is 32.0 Å². The molecule has 218 valence electrons. The van der Waals surface area contributed by atoms with Gasteiger partial charge in [0.2, 0.25) is 0 Å². The molecule has 0 saturated carbocycles. The fraction of sp³-hybridized carbons (Fsp3) is 0.571. The molecular formula is C35H48O5. The van der Waals surface area contributed by atoms with Gasteiger partial charge in [-0.15, -0.1) is 0 Å². The maximum atomic E-state index is 14.2. The highest BCUT2D eigenvalue weighted by molar-refractivity contribution is 5.97. The second kappa shape index (κ2) is 13.7. The third-order valence-electron chi connectivity index (χ3n) is 9.20. The molecule has 0 bridgehead atoms. The Kier molecular flexibility index (Phi) is 10.9. The van der Waals surface area contributed by atoms with Crippen LogP contribution in [0.1, 0.15) is 113 Å². The van der Waals surface area contributed by atoms with E-state index < -0.39 is 5.41 Å². The van der Waals surface area contributed by atoms with Gasteiger partial charge in [-0.05, 0) is 87.5 Å². The maximum absolute atomic E-state index is 14.2. The monoisotopic (exact) mass is 548 g/mol. The summed E-state index contributed by atoms with van der Waals surface area (Å²) in [5.74, 6) is 0.472. The number of ether oxygens (including phenoxy) is 2. The van der Waals surface area contributed by atoms with Crippen LogP contribution in [0, 0.1) is 18.3 Å². The van der Waals surface area contributed by atoms with Crippen molar-refractivity contribution in [2.45, 2.75) is 98.3 Å². The van der Waals surface area contributed by atoms with Gasteiger partial charge in [0.15, 0.2) is 5.78 Å². The average molecular weight is 549 g/mol. The zero-order chi connectivity index (χ0) is 29.5. The average Bonchev–Trinajstić information content (AvgIpc) is 2.92. The number of hydrogen-bond donors (Lipinski definition) is 0. The van der Waals surface area contributed by atoms with Crippen LogP contribution in [0.2, 0.25) is 0 Å². The van der Waals surface area contributed by atoms with Gasteiger partial charge in [-0.25, -0.2) is 0 Å². The predicted molar refractivity (Wildman–Crippen MR) is 160 cm³/mol. The van der Waals surface area contributed by atoms with E-state index in [0.29, 0.717) is 44.0 Å². The lowest BCUT2D eigenvalue weighted by molar-refractivity contribution is -0.139. The first-order valence-corrected chi connectivity index (χ1v) is 14.9. The van der Waals surface area contributed by atoms with Gasteiger partial charge in [-0.1, -0.05) is 63.6 Å². The lowest BCUT2D eigenvalue weighted by Gasteiger charge is -2.36. The summed E-state index contributed by atoms with van der Waals surface area (Å²) in [7, 11) is 0. The Morgan fingerprint density at radius 1 is 1.02 bits per heavy atom. The van der Waals surface area contributed by atoms with Crippen LogP contribution >= 0.6 is 0 Å². The van der Waals surface area contributed by atoms with E-state index in [0.717, 1.165) is 30.4 Å². The van der Waals surface area contributed by atoms with Crippen LogP contribution in [0.4, 0.5) is 0 Å².